The average molecular weight is 312 g/mol. The molecule has 2 aliphatic rings. The smallest absolute Gasteiger partial charge is 0.314 e. The molecule has 0 spiro atoms. The molecule has 3 heterocycles. The summed E-state index contributed by atoms with van der Waals surface area (Å²) in [5, 5.41) is 9.25. The summed E-state index contributed by atoms with van der Waals surface area (Å²) in [5.74, 6) is 0.225. The summed E-state index contributed by atoms with van der Waals surface area (Å²) in [6.45, 7) is 0.825. The van der Waals surface area contributed by atoms with Gasteiger partial charge in [-0.25, -0.2) is 13.4 Å². The summed E-state index contributed by atoms with van der Waals surface area (Å²) in [6.07, 6.45) is 5.59. The van der Waals surface area contributed by atoms with Gasteiger partial charge in [-0.2, -0.15) is 0 Å². The lowest BCUT2D eigenvalue weighted by atomic mass is 9.97. The summed E-state index contributed by atoms with van der Waals surface area (Å²) < 4.78 is 24.8. The predicted molar refractivity (Wildman–Crippen MR) is 76.9 cm³/mol. The first-order valence-corrected chi connectivity index (χ1v) is 9.26. The first kappa shape index (κ1) is 14.6. The van der Waals surface area contributed by atoms with Gasteiger partial charge in [-0.1, -0.05) is 0 Å². The van der Waals surface area contributed by atoms with E-state index < -0.39 is 21.7 Å². The van der Waals surface area contributed by atoms with Crippen LogP contribution in [-0.2, 0) is 27.6 Å². The molecule has 21 heavy (non-hydrogen) atoms. The maximum absolute atomic E-state index is 11.4. The second-order valence-corrected chi connectivity index (χ2v) is 8.42. The van der Waals surface area contributed by atoms with Gasteiger partial charge < -0.3 is 9.67 Å². The van der Waals surface area contributed by atoms with Crippen molar-refractivity contribution < 1.29 is 18.3 Å². The van der Waals surface area contributed by atoms with Crippen molar-refractivity contribution in [3.8, 4) is 0 Å². The quantitative estimate of drug-likeness (QED) is 0.906. The van der Waals surface area contributed by atoms with Gasteiger partial charge in [0.2, 0.25) is 0 Å². The molecule has 0 radical (unpaired) electrons. The van der Waals surface area contributed by atoms with Gasteiger partial charge in [0.1, 0.15) is 21.6 Å². The number of fused-ring (bicyclic) bond motifs is 1. The lowest BCUT2D eigenvalue weighted by molar-refractivity contribution is -0.139. The van der Waals surface area contributed by atoms with Crippen LogP contribution in [0.3, 0.4) is 0 Å². The molecule has 0 amide bonds. The van der Waals surface area contributed by atoms with E-state index in [1.165, 1.54) is 0 Å². The van der Waals surface area contributed by atoms with Gasteiger partial charge in [0.15, 0.2) is 0 Å². The molecule has 6 nitrogen and oxygen atoms in total. The van der Waals surface area contributed by atoms with Crippen molar-refractivity contribution in [2.75, 3.05) is 11.5 Å². The third-order valence-corrected chi connectivity index (χ3v) is 6.25. The molecule has 1 unspecified atom stereocenters. The zero-order valence-corrected chi connectivity index (χ0v) is 12.7. The second-order valence-electron chi connectivity index (χ2n) is 6.12. The number of hydrogen-bond acceptors (Lipinski definition) is 4. The monoisotopic (exact) mass is 312 g/mol. The van der Waals surface area contributed by atoms with Gasteiger partial charge in [0.05, 0.1) is 17.2 Å². The molecule has 7 heteroatoms. The molecule has 1 saturated heterocycles. The fraction of sp³-hybridized carbons (Fsp3) is 0.714. The van der Waals surface area contributed by atoms with E-state index in [2.05, 4.69) is 4.98 Å². The first-order valence-electron chi connectivity index (χ1n) is 7.44. The van der Waals surface area contributed by atoms with Crippen molar-refractivity contribution in [2.45, 2.75) is 44.6 Å². The lowest BCUT2D eigenvalue weighted by Gasteiger charge is -2.20. The first-order chi connectivity index (χ1) is 9.94. The summed E-state index contributed by atoms with van der Waals surface area (Å²) in [6, 6.07) is 0. The van der Waals surface area contributed by atoms with Crippen LogP contribution >= 0.6 is 0 Å². The SMILES string of the molecule is O=C(O)C1CCCn2cc(CC3CCS(=O)(=O)CC3)nc21. The average Bonchev–Trinajstić information content (AvgIpc) is 2.83. The van der Waals surface area contributed by atoms with E-state index in [-0.39, 0.29) is 11.5 Å². The molecule has 1 aromatic rings. The Morgan fingerprint density at radius 2 is 2.05 bits per heavy atom. The van der Waals surface area contributed by atoms with Crippen LogP contribution in [0.2, 0.25) is 0 Å². The van der Waals surface area contributed by atoms with E-state index in [9.17, 15) is 18.3 Å². The summed E-state index contributed by atoms with van der Waals surface area (Å²) in [7, 11) is -2.83. The van der Waals surface area contributed by atoms with Gasteiger partial charge in [-0.15, -0.1) is 0 Å². The molecule has 1 atom stereocenters. The molecule has 1 fully saturated rings. The van der Waals surface area contributed by atoms with Crippen molar-refractivity contribution in [1.29, 1.82) is 0 Å². The largest absolute Gasteiger partial charge is 0.481 e. The number of carboxylic acids is 1. The van der Waals surface area contributed by atoms with E-state index in [1.807, 2.05) is 10.8 Å². The number of aryl methyl sites for hydroxylation is 1. The maximum Gasteiger partial charge on any atom is 0.314 e. The van der Waals surface area contributed by atoms with E-state index in [0.29, 0.717) is 31.0 Å². The minimum absolute atomic E-state index is 0.267. The Hall–Kier alpha value is -1.37. The van der Waals surface area contributed by atoms with Crippen LogP contribution in [0.1, 0.15) is 43.1 Å². The number of carboxylic acid groups (broad SMARTS) is 1. The Labute approximate surface area is 124 Å². The van der Waals surface area contributed by atoms with Crippen LogP contribution < -0.4 is 0 Å². The standard InChI is InChI=1S/C14H20N2O4S/c17-14(18)12-2-1-5-16-9-11(15-13(12)16)8-10-3-6-21(19,20)7-4-10/h9-10,12H,1-8H2,(H,17,18). The van der Waals surface area contributed by atoms with Crippen molar-refractivity contribution in [3.05, 3.63) is 17.7 Å². The minimum atomic E-state index is -2.83. The van der Waals surface area contributed by atoms with Crippen molar-refractivity contribution in [1.82, 2.24) is 9.55 Å². The van der Waals surface area contributed by atoms with Gasteiger partial charge in [0.25, 0.3) is 0 Å². The molecule has 0 saturated carbocycles. The second kappa shape index (κ2) is 5.44. The third kappa shape index (κ3) is 3.12. The number of aliphatic carboxylic acids is 1. The fourth-order valence-corrected chi connectivity index (χ4v) is 4.90. The molecule has 3 rings (SSSR count). The Morgan fingerprint density at radius 1 is 1.33 bits per heavy atom. The summed E-state index contributed by atoms with van der Waals surface area (Å²) in [4.78, 5) is 15.8. The summed E-state index contributed by atoms with van der Waals surface area (Å²) in [5.41, 5.74) is 0.905. The number of sulfone groups is 1. The third-order valence-electron chi connectivity index (χ3n) is 4.53. The zero-order valence-electron chi connectivity index (χ0n) is 11.9. The molecule has 1 aromatic heterocycles. The number of imidazole rings is 1. The Morgan fingerprint density at radius 3 is 2.71 bits per heavy atom. The van der Waals surface area contributed by atoms with Crippen LogP contribution in [0.4, 0.5) is 0 Å². The molecule has 2 aliphatic heterocycles. The van der Waals surface area contributed by atoms with Crippen LogP contribution in [-0.4, -0.2) is 40.6 Å². The van der Waals surface area contributed by atoms with Gasteiger partial charge in [-0.05, 0) is 38.0 Å². The highest BCUT2D eigenvalue weighted by Crippen LogP contribution is 2.29. The Balaban J connectivity index is 1.72. The van der Waals surface area contributed by atoms with Crippen LogP contribution in [0.15, 0.2) is 6.20 Å². The highest BCUT2D eigenvalue weighted by molar-refractivity contribution is 7.91. The number of hydrogen-bond donors (Lipinski definition) is 1. The zero-order chi connectivity index (χ0) is 15.0. The van der Waals surface area contributed by atoms with Crippen LogP contribution in [0.5, 0.6) is 0 Å². The Kier molecular flexibility index (Phi) is 3.77. The normalized spacial score (nSPS) is 25.4. The van der Waals surface area contributed by atoms with Crippen LogP contribution in [0.25, 0.3) is 0 Å². The molecule has 116 valence electrons. The highest BCUT2D eigenvalue weighted by Gasteiger charge is 2.30. The van der Waals surface area contributed by atoms with Crippen molar-refractivity contribution >= 4 is 15.8 Å². The van der Waals surface area contributed by atoms with E-state index in [0.717, 1.165) is 25.1 Å². The highest BCUT2D eigenvalue weighted by atomic mass is 32.2. The minimum Gasteiger partial charge on any atom is -0.481 e. The molecular formula is C14H20N2O4S. The van der Waals surface area contributed by atoms with E-state index in [1.54, 1.807) is 0 Å². The summed E-state index contributed by atoms with van der Waals surface area (Å²) >= 11 is 0. The fourth-order valence-electron chi connectivity index (χ4n) is 3.31. The lowest BCUT2D eigenvalue weighted by Crippen LogP contribution is -2.24. The predicted octanol–water partition coefficient (Wildman–Crippen LogP) is 1.21. The van der Waals surface area contributed by atoms with Gasteiger partial charge in [-0.3, -0.25) is 4.79 Å². The molecule has 0 aromatic carbocycles. The van der Waals surface area contributed by atoms with Crippen molar-refractivity contribution in [2.24, 2.45) is 5.92 Å². The number of aromatic nitrogens is 2. The molecule has 1 N–H and O–H groups in total. The van der Waals surface area contributed by atoms with Gasteiger partial charge in [0, 0.05) is 12.7 Å². The van der Waals surface area contributed by atoms with Crippen LogP contribution in [0, 0.1) is 5.92 Å². The van der Waals surface area contributed by atoms with E-state index >= 15 is 0 Å². The topological polar surface area (TPSA) is 89.3 Å². The molecule has 0 aliphatic carbocycles. The van der Waals surface area contributed by atoms with Gasteiger partial charge >= 0.3 is 5.97 Å². The van der Waals surface area contributed by atoms with Crippen molar-refractivity contribution in [3.63, 3.8) is 0 Å². The maximum atomic E-state index is 11.4. The number of nitrogens with zero attached hydrogens (tertiary/aromatic N) is 2. The number of carbonyl (C=O) groups is 1. The number of rotatable bonds is 3. The Bertz CT molecular complexity index is 636. The molecule has 0 bridgehead atoms. The van der Waals surface area contributed by atoms with E-state index in [4.69, 9.17) is 0 Å². The molecular weight excluding hydrogens is 292 g/mol.